The highest BCUT2D eigenvalue weighted by atomic mass is 32.2. The van der Waals surface area contributed by atoms with Crippen LogP contribution in [-0.2, 0) is 61.1 Å². The number of carbonyl (C=O) groups excluding carboxylic acids is 2. The van der Waals surface area contributed by atoms with Gasteiger partial charge >= 0.3 is 0 Å². The van der Waals surface area contributed by atoms with Crippen molar-refractivity contribution in [3.05, 3.63) is 155 Å². The summed E-state index contributed by atoms with van der Waals surface area (Å²) in [6.07, 6.45) is 10.2. The molecule has 0 bridgehead atoms. The van der Waals surface area contributed by atoms with Crippen LogP contribution < -0.4 is 19.5 Å². The molecule has 4 aliphatic rings. The van der Waals surface area contributed by atoms with E-state index in [4.69, 9.17) is 37.9 Å². The number of sulfonamides is 1. The molecule has 4 atom stereocenters. The van der Waals surface area contributed by atoms with Crippen LogP contribution in [0.15, 0.2) is 131 Å². The summed E-state index contributed by atoms with van der Waals surface area (Å²) >= 11 is 0. The number of ketones is 1. The molecule has 2 saturated heterocycles. The summed E-state index contributed by atoms with van der Waals surface area (Å²) < 4.78 is 101. The van der Waals surface area contributed by atoms with Gasteiger partial charge in [0.25, 0.3) is 5.91 Å². The average molecular weight is 1220 g/mol. The lowest BCUT2D eigenvalue weighted by atomic mass is 10.0. The van der Waals surface area contributed by atoms with Gasteiger partial charge in [0.15, 0.2) is 15.6 Å². The first-order valence-electron chi connectivity index (χ1n) is 30.8. The Bertz CT molecular complexity index is 2900. The van der Waals surface area contributed by atoms with Gasteiger partial charge in [0.05, 0.1) is 93.7 Å². The predicted molar refractivity (Wildman–Crippen MR) is 327 cm³/mol. The predicted octanol–water partition coefficient (Wildman–Crippen LogP) is 8.38. The van der Waals surface area contributed by atoms with Crippen molar-refractivity contribution in [3.63, 3.8) is 0 Å². The zero-order valence-electron chi connectivity index (χ0n) is 49.5. The Morgan fingerprint density at radius 2 is 0.884 bits per heavy atom. The number of piperidine rings is 2. The first-order chi connectivity index (χ1) is 42.0. The molecule has 5 aromatic carbocycles. The van der Waals surface area contributed by atoms with Crippen LogP contribution in [0.1, 0.15) is 113 Å². The quantitative estimate of drug-likeness (QED) is 0.0283. The van der Waals surface area contributed by atoms with Gasteiger partial charge in [-0.25, -0.2) is 21.6 Å². The third-order valence-electron chi connectivity index (χ3n) is 16.3. The number of ether oxygens (including phenoxy) is 8. The summed E-state index contributed by atoms with van der Waals surface area (Å²) in [6.45, 7) is 8.52. The Hall–Kier alpha value is -5.62. The number of nitrogens with one attached hydrogen (secondary N) is 2. The normalized spacial score (nSPS) is 19.0. The fourth-order valence-corrected chi connectivity index (χ4v) is 14.0. The van der Waals surface area contributed by atoms with Crippen LogP contribution in [0.4, 0.5) is 0 Å². The van der Waals surface area contributed by atoms with Crippen LogP contribution >= 0.6 is 0 Å². The minimum atomic E-state index is -3.74. The lowest BCUT2D eigenvalue weighted by Crippen LogP contribution is -2.43. The molecule has 0 aromatic heterocycles. The van der Waals surface area contributed by atoms with E-state index in [1.807, 2.05) is 6.07 Å². The lowest BCUT2D eigenvalue weighted by molar-refractivity contribution is 0.0142. The molecule has 2 aliphatic heterocycles. The third kappa shape index (κ3) is 19.2. The van der Waals surface area contributed by atoms with E-state index in [9.17, 15) is 26.4 Å². The molecule has 20 heteroatoms. The van der Waals surface area contributed by atoms with E-state index in [0.717, 1.165) is 39.0 Å². The smallest absolute Gasteiger partial charge is 0.251 e. The Balaban J connectivity index is 0.532. The number of fused-ring (bicyclic) bond motifs is 2. The fourth-order valence-electron chi connectivity index (χ4n) is 11.7. The van der Waals surface area contributed by atoms with Crippen molar-refractivity contribution in [1.82, 2.24) is 19.8 Å². The minimum absolute atomic E-state index is 0.0238. The molecule has 0 saturated carbocycles. The molecule has 2 heterocycles. The molecule has 0 radical (unpaired) electrons. The van der Waals surface area contributed by atoms with Crippen LogP contribution in [0.2, 0.25) is 0 Å². The van der Waals surface area contributed by atoms with Crippen LogP contribution in [-0.4, -0.2) is 175 Å². The zero-order valence-corrected chi connectivity index (χ0v) is 51.1. The van der Waals surface area contributed by atoms with Gasteiger partial charge in [-0.15, -0.1) is 0 Å². The molecule has 2 N–H and O–H groups in total. The molecule has 2 fully saturated rings. The average Bonchev–Trinajstić information content (AvgIpc) is 2.20. The molecule has 0 unspecified atom stereocenters. The van der Waals surface area contributed by atoms with Gasteiger partial charge in [-0.05, 0) is 160 Å². The van der Waals surface area contributed by atoms with Crippen molar-refractivity contribution < 1.29 is 64.3 Å². The highest BCUT2D eigenvalue weighted by Gasteiger charge is 2.40. The highest BCUT2D eigenvalue weighted by molar-refractivity contribution is 7.91. The number of sulfone groups is 1. The maximum absolute atomic E-state index is 13.1. The van der Waals surface area contributed by atoms with E-state index in [0.29, 0.717) is 108 Å². The molecule has 1 amide bonds. The van der Waals surface area contributed by atoms with Crippen molar-refractivity contribution in [2.75, 3.05) is 124 Å². The first-order valence-corrected chi connectivity index (χ1v) is 33.9. The lowest BCUT2D eigenvalue weighted by Gasteiger charge is -2.35. The number of likely N-dealkylation sites (tertiary alicyclic amines) is 2. The zero-order chi connectivity index (χ0) is 59.8. The number of hydrogen-bond acceptors (Lipinski definition) is 16. The SMILES string of the molecule is O=C(CCCOCCOCCOCCCS(=O)(=O)c1ccc(O[C@H]2c3ccccc3C[C@@H]2N2CCCCC2)cc1)c1ccc(C(=O)NCCOCCOCCOCCNS(=O)(=O)c2ccc(O[C@H]3c4ccccc4C[C@@H]3N3CCCCC3)cc2)cc1. The summed E-state index contributed by atoms with van der Waals surface area (Å²) in [4.78, 5) is 31.0. The summed E-state index contributed by atoms with van der Waals surface area (Å²) in [7, 11) is -7.23. The van der Waals surface area contributed by atoms with Crippen LogP contribution in [0.25, 0.3) is 0 Å². The molecule has 0 spiro atoms. The molecular formula is C66H86N4O14S2. The van der Waals surface area contributed by atoms with Gasteiger partial charge in [-0.1, -0.05) is 73.5 Å². The Morgan fingerprint density at radius 3 is 1.40 bits per heavy atom. The molecular weight excluding hydrogens is 1140 g/mol. The monoisotopic (exact) mass is 1220 g/mol. The Kier molecular flexibility index (Phi) is 25.4. The maximum atomic E-state index is 13.1. The number of rotatable bonds is 37. The largest absolute Gasteiger partial charge is 0.484 e. The van der Waals surface area contributed by atoms with Crippen LogP contribution in [0.3, 0.4) is 0 Å². The molecule has 466 valence electrons. The first kappa shape index (κ1) is 64.8. The fraction of sp³-hybridized carbons (Fsp3) is 0.515. The van der Waals surface area contributed by atoms with Gasteiger partial charge in [0, 0.05) is 43.9 Å². The number of amides is 1. The van der Waals surface area contributed by atoms with Crippen molar-refractivity contribution in [3.8, 4) is 11.5 Å². The van der Waals surface area contributed by atoms with Gasteiger partial charge in [-0.2, -0.15) is 0 Å². The third-order valence-corrected chi connectivity index (χ3v) is 19.6. The highest BCUT2D eigenvalue weighted by Crippen LogP contribution is 2.41. The minimum Gasteiger partial charge on any atom is -0.484 e. The summed E-state index contributed by atoms with van der Waals surface area (Å²) in [5.74, 6) is 0.962. The van der Waals surface area contributed by atoms with Crippen molar-refractivity contribution in [2.45, 2.75) is 105 Å². The van der Waals surface area contributed by atoms with E-state index in [-0.39, 0.29) is 77.9 Å². The second kappa shape index (κ2) is 33.7. The molecule has 86 heavy (non-hydrogen) atoms. The van der Waals surface area contributed by atoms with Gasteiger partial charge < -0.3 is 43.2 Å². The van der Waals surface area contributed by atoms with Crippen LogP contribution in [0, 0.1) is 0 Å². The van der Waals surface area contributed by atoms with Crippen molar-refractivity contribution in [2.24, 2.45) is 0 Å². The number of carbonyl (C=O) groups is 2. The van der Waals surface area contributed by atoms with E-state index >= 15 is 0 Å². The van der Waals surface area contributed by atoms with E-state index in [1.165, 1.54) is 60.8 Å². The van der Waals surface area contributed by atoms with Crippen LogP contribution in [0.5, 0.6) is 11.5 Å². The topological polar surface area (TPSA) is 207 Å². The summed E-state index contributed by atoms with van der Waals surface area (Å²) in [5.41, 5.74) is 6.00. The second-order valence-electron chi connectivity index (χ2n) is 22.3. The molecule has 18 nitrogen and oxygen atoms in total. The summed E-state index contributed by atoms with van der Waals surface area (Å²) in [5, 5.41) is 2.81. The number of nitrogens with zero attached hydrogens (tertiary/aromatic N) is 2. The van der Waals surface area contributed by atoms with Crippen molar-refractivity contribution in [1.29, 1.82) is 0 Å². The maximum Gasteiger partial charge on any atom is 0.251 e. The Morgan fingerprint density at radius 1 is 0.453 bits per heavy atom. The van der Waals surface area contributed by atoms with E-state index in [1.54, 1.807) is 72.8 Å². The summed E-state index contributed by atoms with van der Waals surface area (Å²) in [6, 6.07) is 37.4. The van der Waals surface area contributed by atoms with Gasteiger partial charge in [0.2, 0.25) is 10.0 Å². The van der Waals surface area contributed by atoms with Crippen molar-refractivity contribution >= 4 is 31.6 Å². The van der Waals surface area contributed by atoms with E-state index in [2.05, 4.69) is 62.3 Å². The Labute approximate surface area is 508 Å². The number of hydrogen-bond donors (Lipinski definition) is 2. The van der Waals surface area contributed by atoms with Gasteiger partial charge in [-0.3, -0.25) is 19.4 Å². The molecule has 2 aliphatic carbocycles. The van der Waals surface area contributed by atoms with Gasteiger partial charge in [0.1, 0.15) is 23.7 Å². The molecule has 5 aromatic rings. The standard InChI is InChI=1S/C66H86N4O14S2/c71-63(17-11-36-77-40-44-81-45-41-78-37-12-48-85(73,74)57-26-22-55(23-27-57)83-64-59-15-5-3-13-53(59)49-61(64)69-32-7-1-8-33-69)51-18-20-52(21-19-51)66(72)67-30-38-79-42-46-82-47-43-80-39-31-68-86(75,76)58-28-24-56(25-29-58)84-65-60-16-6-4-14-54(60)50-62(65)70-34-9-2-10-35-70/h3-6,13-16,18-29,61-62,64-65,68H,1-2,7-12,17,30-50H2,(H,67,72)/t61-,62-,64-,65-/m0/s1. The number of Topliss-reactive ketones (excluding diaryl/α,β-unsaturated/α-hetero) is 1. The van der Waals surface area contributed by atoms with E-state index < -0.39 is 19.9 Å². The molecule has 9 rings (SSSR count). The number of benzene rings is 5. The second-order valence-corrected chi connectivity index (χ2v) is 26.1.